The van der Waals surface area contributed by atoms with Gasteiger partial charge >= 0.3 is 0 Å². The molecule has 1 aromatic rings. The second kappa shape index (κ2) is 4.05. The average molecular weight is 206 g/mol. The number of benzene rings is 1. The van der Waals surface area contributed by atoms with Gasteiger partial charge in [-0.15, -0.1) is 0 Å². The van der Waals surface area contributed by atoms with E-state index in [9.17, 15) is 0 Å². The molecule has 0 spiro atoms. The lowest BCUT2D eigenvalue weighted by atomic mass is 10.2. The van der Waals surface area contributed by atoms with E-state index in [2.05, 4.69) is 24.0 Å². The second-order valence-corrected chi connectivity index (χ2v) is 4.39. The molecular weight excluding hydrogens is 192 g/mol. The Bertz CT molecular complexity index is 323. The topological polar surface area (TPSA) is 27.1 Å². The van der Waals surface area contributed by atoms with E-state index in [1.54, 1.807) is 11.8 Å². The molecule has 1 saturated heterocycles. The van der Waals surface area contributed by atoms with Crippen LogP contribution in [0.5, 0.6) is 0 Å². The second-order valence-electron chi connectivity index (χ2n) is 3.38. The highest BCUT2D eigenvalue weighted by Gasteiger charge is 2.28. The summed E-state index contributed by atoms with van der Waals surface area (Å²) in [5, 5.41) is 8.55. The molecule has 1 heterocycles. The Labute approximate surface area is 88.8 Å². The van der Waals surface area contributed by atoms with Crippen molar-refractivity contribution in [3.05, 3.63) is 30.3 Å². The predicted molar refractivity (Wildman–Crippen MR) is 63.2 cm³/mol. The predicted octanol–water partition coefficient (Wildman–Crippen LogP) is 2.95. The fourth-order valence-electron chi connectivity index (χ4n) is 1.70. The van der Waals surface area contributed by atoms with Gasteiger partial charge in [0.15, 0.2) is 5.17 Å². The number of hydrogen-bond acceptors (Lipinski definition) is 2. The lowest BCUT2D eigenvalue weighted by Gasteiger charge is -2.24. The van der Waals surface area contributed by atoms with E-state index in [-0.39, 0.29) is 0 Å². The SMILES string of the molecule is CCC1CSC(=N)N1c1ccccc1. The number of nitrogens with one attached hydrogen (secondary N) is 1. The van der Waals surface area contributed by atoms with Crippen LogP contribution in [0.25, 0.3) is 0 Å². The van der Waals surface area contributed by atoms with Crippen LogP contribution in [-0.2, 0) is 0 Å². The van der Waals surface area contributed by atoms with E-state index < -0.39 is 0 Å². The Hall–Kier alpha value is -0.960. The molecule has 2 nitrogen and oxygen atoms in total. The maximum absolute atomic E-state index is 7.87. The molecule has 14 heavy (non-hydrogen) atoms. The van der Waals surface area contributed by atoms with Gasteiger partial charge in [-0.2, -0.15) is 0 Å². The molecule has 1 N–H and O–H groups in total. The van der Waals surface area contributed by atoms with E-state index in [4.69, 9.17) is 5.41 Å². The maximum Gasteiger partial charge on any atom is 0.161 e. The quantitative estimate of drug-likeness (QED) is 0.805. The fourth-order valence-corrected chi connectivity index (χ4v) is 2.83. The number of nitrogens with zero attached hydrogens (tertiary/aromatic N) is 1. The van der Waals surface area contributed by atoms with E-state index >= 15 is 0 Å². The minimum Gasteiger partial charge on any atom is -0.318 e. The fraction of sp³-hybridized carbons (Fsp3) is 0.364. The van der Waals surface area contributed by atoms with Crippen LogP contribution in [0, 0.1) is 5.41 Å². The highest BCUT2D eigenvalue weighted by Crippen LogP contribution is 2.30. The Morgan fingerprint density at radius 2 is 2.14 bits per heavy atom. The maximum atomic E-state index is 7.87. The zero-order chi connectivity index (χ0) is 9.97. The van der Waals surface area contributed by atoms with Crippen LogP contribution in [0.4, 0.5) is 5.69 Å². The number of thioether (sulfide) groups is 1. The largest absolute Gasteiger partial charge is 0.318 e. The van der Waals surface area contributed by atoms with Crippen LogP contribution >= 0.6 is 11.8 Å². The van der Waals surface area contributed by atoms with Crippen molar-refractivity contribution in [2.24, 2.45) is 0 Å². The van der Waals surface area contributed by atoms with Crippen molar-refractivity contribution in [2.75, 3.05) is 10.7 Å². The molecule has 2 rings (SSSR count). The van der Waals surface area contributed by atoms with Crippen LogP contribution in [-0.4, -0.2) is 17.0 Å². The lowest BCUT2D eigenvalue weighted by molar-refractivity contribution is 0.724. The summed E-state index contributed by atoms with van der Waals surface area (Å²) in [6, 6.07) is 10.7. The van der Waals surface area contributed by atoms with Gasteiger partial charge < -0.3 is 4.90 Å². The third-order valence-electron chi connectivity index (χ3n) is 2.50. The first kappa shape index (κ1) is 9.59. The highest BCUT2D eigenvalue weighted by molar-refractivity contribution is 8.14. The summed E-state index contributed by atoms with van der Waals surface area (Å²) < 4.78 is 0. The normalized spacial score (nSPS) is 21.6. The van der Waals surface area contributed by atoms with Crippen LogP contribution < -0.4 is 4.90 Å². The number of hydrogen-bond donors (Lipinski definition) is 1. The van der Waals surface area contributed by atoms with Crippen molar-refractivity contribution in [1.29, 1.82) is 5.41 Å². The first-order valence-electron chi connectivity index (χ1n) is 4.88. The summed E-state index contributed by atoms with van der Waals surface area (Å²) in [5.41, 5.74) is 1.15. The zero-order valence-corrected chi connectivity index (χ0v) is 9.05. The van der Waals surface area contributed by atoms with Gasteiger partial charge in [-0.05, 0) is 18.6 Å². The molecule has 0 bridgehead atoms. The van der Waals surface area contributed by atoms with Gasteiger partial charge in [-0.3, -0.25) is 5.41 Å². The highest BCUT2D eigenvalue weighted by atomic mass is 32.2. The molecule has 1 aromatic carbocycles. The van der Waals surface area contributed by atoms with Crippen LogP contribution in [0.15, 0.2) is 30.3 Å². The number of amidine groups is 1. The summed E-state index contributed by atoms with van der Waals surface area (Å²) in [7, 11) is 0. The monoisotopic (exact) mass is 206 g/mol. The Kier molecular flexibility index (Phi) is 2.77. The molecule has 0 aromatic heterocycles. The van der Waals surface area contributed by atoms with Crippen molar-refractivity contribution >= 4 is 22.6 Å². The minimum absolute atomic E-state index is 0.495. The van der Waals surface area contributed by atoms with Crippen molar-refractivity contribution in [3.63, 3.8) is 0 Å². The van der Waals surface area contributed by atoms with Crippen LogP contribution in [0.1, 0.15) is 13.3 Å². The lowest BCUT2D eigenvalue weighted by Crippen LogP contribution is -2.32. The van der Waals surface area contributed by atoms with Crippen LogP contribution in [0.2, 0.25) is 0 Å². The van der Waals surface area contributed by atoms with E-state index in [0.717, 1.165) is 17.9 Å². The molecule has 1 fully saturated rings. The first-order valence-corrected chi connectivity index (χ1v) is 5.87. The van der Waals surface area contributed by atoms with Gasteiger partial charge in [0.2, 0.25) is 0 Å². The molecule has 1 atom stereocenters. The molecule has 0 saturated carbocycles. The average Bonchev–Trinajstić information content (AvgIpc) is 2.61. The van der Waals surface area contributed by atoms with Gasteiger partial charge in [0, 0.05) is 17.5 Å². The summed E-state index contributed by atoms with van der Waals surface area (Å²) in [6.45, 7) is 2.18. The summed E-state index contributed by atoms with van der Waals surface area (Å²) in [5.74, 6) is 1.05. The molecule has 1 unspecified atom stereocenters. The summed E-state index contributed by atoms with van der Waals surface area (Å²) in [6.07, 6.45) is 1.10. The van der Waals surface area contributed by atoms with Crippen molar-refractivity contribution in [1.82, 2.24) is 0 Å². The Balaban J connectivity index is 2.28. The zero-order valence-electron chi connectivity index (χ0n) is 8.23. The van der Waals surface area contributed by atoms with Crippen molar-refractivity contribution in [3.8, 4) is 0 Å². The van der Waals surface area contributed by atoms with E-state index in [0.29, 0.717) is 11.2 Å². The Morgan fingerprint density at radius 3 is 2.79 bits per heavy atom. The van der Waals surface area contributed by atoms with Gasteiger partial charge in [-0.25, -0.2) is 0 Å². The molecule has 1 aliphatic heterocycles. The Morgan fingerprint density at radius 1 is 1.43 bits per heavy atom. The molecule has 74 valence electrons. The smallest absolute Gasteiger partial charge is 0.161 e. The van der Waals surface area contributed by atoms with Crippen molar-refractivity contribution < 1.29 is 0 Å². The number of para-hydroxylation sites is 1. The minimum atomic E-state index is 0.495. The molecule has 1 aliphatic rings. The van der Waals surface area contributed by atoms with Crippen molar-refractivity contribution in [2.45, 2.75) is 19.4 Å². The molecule has 0 amide bonds. The van der Waals surface area contributed by atoms with E-state index in [1.165, 1.54) is 0 Å². The number of rotatable bonds is 2. The molecular formula is C11H14N2S. The van der Waals surface area contributed by atoms with Gasteiger partial charge in [-0.1, -0.05) is 36.9 Å². The van der Waals surface area contributed by atoms with Gasteiger partial charge in [0.05, 0.1) is 0 Å². The van der Waals surface area contributed by atoms with Crippen LogP contribution in [0.3, 0.4) is 0 Å². The third kappa shape index (κ3) is 1.64. The summed E-state index contributed by atoms with van der Waals surface area (Å²) in [4.78, 5) is 2.13. The van der Waals surface area contributed by atoms with E-state index in [1.807, 2.05) is 18.2 Å². The number of anilines is 1. The molecule has 0 aliphatic carbocycles. The van der Waals surface area contributed by atoms with Gasteiger partial charge in [0.1, 0.15) is 0 Å². The molecule has 0 radical (unpaired) electrons. The molecule has 3 heteroatoms. The third-order valence-corrected chi connectivity index (χ3v) is 3.52. The summed E-state index contributed by atoms with van der Waals surface area (Å²) >= 11 is 1.64. The van der Waals surface area contributed by atoms with Gasteiger partial charge in [0.25, 0.3) is 0 Å². The first-order chi connectivity index (χ1) is 6.83. The standard InChI is InChI=1S/C11H14N2S/c1-2-9-8-14-11(12)13(9)10-6-4-3-5-7-10/h3-7,9,12H,2,8H2,1H3.